The molecule has 6 nitrogen and oxygen atoms in total. The van der Waals surface area contributed by atoms with Crippen LogP contribution in [0.1, 0.15) is 21.7 Å². The van der Waals surface area contributed by atoms with Crippen molar-refractivity contribution in [2.24, 2.45) is 0 Å². The average molecular weight is 291 g/mol. The number of nitrogens with one attached hydrogen (secondary N) is 1. The molecule has 0 spiro atoms. The zero-order valence-corrected chi connectivity index (χ0v) is 11.9. The number of carbonyl (C=O) groups is 1. The van der Waals surface area contributed by atoms with Crippen molar-refractivity contribution < 1.29 is 23.8 Å². The number of carboxylic acids is 1. The summed E-state index contributed by atoms with van der Waals surface area (Å²) in [6, 6.07) is 7.27. The van der Waals surface area contributed by atoms with Crippen LogP contribution in [0.25, 0.3) is 0 Å². The van der Waals surface area contributed by atoms with Gasteiger partial charge in [-0.15, -0.1) is 0 Å². The van der Waals surface area contributed by atoms with Gasteiger partial charge in [0, 0.05) is 18.7 Å². The van der Waals surface area contributed by atoms with E-state index in [1.54, 1.807) is 20.3 Å². The molecule has 0 aliphatic rings. The lowest BCUT2D eigenvalue weighted by molar-refractivity contribution is 0.0660. The summed E-state index contributed by atoms with van der Waals surface area (Å²) in [7, 11) is 3.17. The second kappa shape index (κ2) is 6.81. The number of ether oxygens (including phenoxy) is 2. The summed E-state index contributed by atoms with van der Waals surface area (Å²) in [6.07, 6.45) is 1.37. The molecule has 0 unspecified atom stereocenters. The van der Waals surface area contributed by atoms with Crippen LogP contribution in [0.4, 0.5) is 0 Å². The first kappa shape index (κ1) is 14.9. The van der Waals surface area contributed by atoms with E-state index in [-0.39, 0.29) is 5.76 Å². The van der Waals surface area contributed by atoms with Crippen LogP contribution in [0.3, 0.4) is 0 Å². The van der Waals surface area contributed by atoms with E-state index >= 15 is 0 Å². The monoisotopic (exact) mass is 291 g/mol. The minimum atomic E-state index is -1.07. The van der Waals surface area contributed by atoms with Crippen molar-refractivity contribution in [3.63, 3.8) is 0 Å². The van der Waals surface area contributed by atoms with Crippen LogP contribution < -0.4 is 14.8 Å². The Morgan fingerprint density at radius 1 is 1.19 bits per heavy atom. The first-order valence-electron chi connectivity index (χ1n) is 6.37. The van der Waals surface area contributed by atoms with Gasteiger partial charge in [-0.1, -0.05) is 6.07 Å². The van der Waals surface area contributed by atoms with E-state index in [0.29, 0.717) is 30.2 Å². The molecule has 2 N–H and O–H groups in total. The van der Waals surface area contributed by atoms with Crippen molar-refractivity contribution in [1.82, 2.24) is 5.32 Å². The van der Waals surface area contributed by atoms with Crippen molar-refractivity contribution in [2.45, 2.75) is 13.1 Å². The lowest BCUT2D eigenvalue weighted by Gasteiger charge is -2.10. The Morgan fingerprint density at radius 3 is 2.62 bits per heavy atom. The SMILES string of the molecule is COc1ccc(CNCc2ccoc2C(=O)O)cc1OC. The molecule has 0 amide bonds. The highest BCUT2D eigenvalue weighted by Crippen LogP contribution is 2.27. The van der Waals surface area contributed by atoms with Gasteiger partial charge in [0.05, 0.1) is 20.5 Å². The molecule has 0 atom stereocenters. The maximum Gasteiger partial charge on any atom is 0.372 e. The number of rotatable bonds is 7. The normalized spacial score (nSPS) is 10.4. The highest BCUT2D eigenvalue weighted by Gasteiger charge is 2.13. The van der Waals surface area contributed by atoms with Crippen LogP contribution in [0.2, 0.25) is 0 Å². The van der Waals surface area contributed by atoms with E-state index in [1.165, 1.54) is 6.26 Å². The van der Waals surface area contributed by atoms with Gasteiger partial charge < -0.3 is 24.3 Å². The lowest BCUT2D eigenvalue weighted by atomic mass is 10.2. The summed E-state index contributed by atoms with van der Waals surface area (Å²) >= 11 is 0. The van der Waals surface area contributed by atoms with Crippen LogP contribution in [-0.4, -0.2) is 25.3 Å². The quantitative estimate of drug-likeness (QED) is 0.814. The Labute approximate surface area is 122 Å². The van der Waals surface area contributed by atoms with Crippen LogP contribution in [-0.2, 0) is 13.1 Å². The van der Waals surface area contributed by atoms with Crippen LogP contribution in [0.5, 0.6) is 11.5 Å². The molecule has 0 aliphatic heterocycles. The molecule has 1 heterocycles. The van der Waals surface area contributed by atoms with Crippen molar-refractivity contribution in [2.75, 3.05) is 14.2 Å². The second-order valence-corrected chi connectivity index (χ2v) is 4.37. The van der Waals surface area contributed by atoms with Gasteiger partial charge in [-0.3, -0.25) is 0 Å². The number of hydrogen-bond acceptors (Lipinski definition) is 5. The van der Waals surface area contributed by atoms with E-state index in [0.717, 1.165) is 5.56 Å². The third-order valence-electron chi connectivity index (χ3n) is 3.03. The number of benzene rings is 1. The van der Waals surface area contributed by atoms with E-state index in [2.05, 4.69) is 5.32 Å². The molecular formula is C15H17NO5. The first-order chi connectivity index (χ1) is 10.2. The Balaban J connectivity index is 1.97. The smallest absolute Gasteiger partial charge is 0.372 e. The number of hydrogen-bond donors (Lipinski definition) is 2. The summed E-state index contributed by atoms with van der Waals surface area (Å²) in [5.41, 5.74) is 1.62. The van der Waals surface area contributed by atoms with Crippen LogP contribution >= 0.6 is 0 Å². The highest BCUT2D eigenvalue weighted by molar-refractivity contribution is 5.86. The maximum atomic E-state index is 10.9. The van der Waals surface area contributed by atoms with E-state index in [1.807, 2.05) is 18.2 Å². The number of methoxy groups -OCH3 is 2. The minimum absolute atomic E-state index is 0.0326. The van der Waals surface area contributed by atoms with Crippen molar-refractivity contribution >= 4 is 5.97 Å². The van der Waals surface area contributed by atoms with Crippen LogP contribution in [0.15, 0.2) is 34.9 Å². The molecule has 0 bridgehead atoms. The summed E-state index contributed by atoms with van der Waals surface area (Å²) < 4.78 is 15.3. The van der Waals surface area contributed by atoms with E-state index < -0.39 is 5.97 Å². The zero-order valence-electron chi connectivity index (χ0n) is 11.9. The maximum absolute atomic E-state index is 10.9. The average Bonchev–Trinajstić information content (AvgIpc) is 2.95. The van der Waals surface area contributed by atoms with Gasteiger partial charge in [0.1, 0.15) is 0 Å². The highest BCUT2D eigenvalue weighted by atomic mass is 16.5. The molecule has 0 aliphatic carbocycles. The fraction of sp³-hybridized carbons (Fsp3) is 0.267. The molecule has 0 saturated heterocycles. The topological polar surface area (TPSA) is 80.9 Å². The van der Waals surface area contributed by atoms with Crippen molar-refractivity contribution in [3.8, 4) is 11.5 Å². The molecular weight excluding hydrogens is 274 g/mol. The Bertz CT molecular complexity index is 620. The van der Waals surface area contributed by atoms with Crippen LogP contribution in [0, 0.1) is 0 Å². The Morgan fingerprint density at radius 2 is 1.95 bits per heavy atom. The molecule has 0 radical (unpaired) electrons. The standard InChI is InChI=1S/C15H17NO5/c1-19-12-4-3-10(7-13(12)20-2)8-16-9-11-5-6-21-14(11)15(17)18/h3-7,16H,8-9H2,1-2H3,(H,17,18). The fourth-order valence-corrected chi connectivity index (χ4v) is 1.99. The number of furan rings is 1. The molecule has 112 valence electrons. The minimum Gasteiger partial charge on any atom is -0.493 e. The lowest BCUT2D eigenvalue weighted by Crippen LogP contribution is -2.14. The third-order valence-corrected chi connectivity index (χ3v) is 3.03. The molecule has 1 aromatic carbocycles. The van der Waals surface area contributed by atoms with Crippen molar-refractivity contribution in [1.29, 1.82) is 0 Å². The Kier molecular flexibility index (Phi) is 4.84. The van der Waals surface area contributed by atoms with Gasteiger partial charge in [-0.2, -0.15) is 0 Å². The predicted molar refractivity (Wildman–Crippen MR) is 75.8 cm³/mol. The molecule has 2 aromatic rings. The first-order valence-corrected chi connectivity index (χ1v) is 6.37. The molecule has 1 aromatic heterocycles. The summed E-state index contributed by atoms with van der Waals surface area (Å²) in [5, 5.41) is 12.1. The zero-order chi connectivity index (χ0) is 15.2. The van der Waals surface area contributed by atoms with Gasteiger partial charge >= 0.3 is 5.97 Å². The fourth-order valence-electron chi connectivity index (χ4n) is 1.99. The number of carboxylic acid groups (broad SMARTS) is 1. The summed E-state index contributed by atoms with van der Waals surface area (Å²) in [5.74, 6) is 0.230. The summed E-state index contributed by atoms with van der Waals surface area (Å²) in [4.78, 5) is 10.9. The van der Waals surface area contributed by atoms with Crippen molar-refractivity contribution in [3.05, 3.63) is 47.4 Å². The number of aromatic carboxylic acids is 1. The second-order valence-electron chi connectivity index (χ2n) is 4.37. The van der Waals surface area contributed by atoms with Gasteiger partial charge in [0.2, 0.25) is 5.76 Å². The van der Waals surface area contributed by atoms with Gasteiger partial charge in [-0.25, -0.2) is 4.79 Å². The Hall–Kier alpha value is -2.47. The van der Waals surface area contributed by atoms with Gasteiger partial charge in [0.25, 0.3) is 0 Å². The van der Waals surface area contributed by atoms with Gasteiger partial charge in [-0.05, 0) is 23.8 Å². The largest absolute Gasteiger partial charge is 0.493 e. The molecule has 0 fully saturated rings. The summed E-state index contributed by atoms with van der Waals surface area (Å²) in [6.45, 7) is 0.983. The molecule has 2 rings (SSSR count). The molecule has 21 heavy (non-hydrogen) atoms. The van der Waals surface area contributed by atoms with E-state index in [9.17, 15) is 4.79 Å². The predicted octanol–water partition coefficient (Wildman–Crippen LogP) is 2.28. The molecule has 6 heteroatoms. The van der Waals surface area contributed by atoms with Gasteiger partial charge in [0.15, 0.2) is 11.5 Å². The molecule has 0 saturated carbocycles. The van der Waals surface area contributed by atoms with E-state index in [4.69, 9.17) is 19.0 Å². The third kappa shape index (κ3) is 3.55.